The summed E-state index contributed by atoms with van der Waals surface area (Å²) in [7, 11) is 0. The molecule has 4 bridgehead atoms. The van der Waals surface area contributed by atoms with Gasteiger partial charge in [-0.2, -0.15) is 0 Å². The van der Waals surface area contributed by atoms with E-state index < -0.39 is 24.5 Å². The van der Waals surface area contributed by atoms with Gasteiger partial charge in [0.1, 0.15) is 5.69 Å². The normalized spacial score (nSPS) is 31.3. The van der Waals surface area contributed by atoms with Gasteiger partial charge >= 0.3 is 12.0 Å². The maximum absolute atomic E-state index is 12.3. The lowest BCUT2D eigenvalue weighted by Crippen LogP contribution is -2.62. The van der Waals surface area contributed by atoms with E-state index in [1.165, 1.54) is 31.5 Å². The van der Waals surface area contributed by atoms with Gasteiger partial charge in [0, 0.05) is 11.7 Å². The highest BCUT2D eigenvalue weighted by atomic mass is 16.5. The van der Waals surface area contributed by atoms with Crippen LogP contribution in [0.25, 0.3) is 0 Å². The van der Waals surface area contributed by atoms with Gasteiger partial charge in [-0.1, -0.05) is 6.07 Å². The summed E-state index contributed by atoms with van der Waals surface area (Å²) < 4.78 is 4.89. The van der Waals surface area contributed by atoms with Crippen LogP contribution < -0.4 is 10.6 Å². The van der Waals surface area contributed by atoms with E-state index in [4.69, 9.17) is 4.74 Å². The third-order valence-corrected chi connectivity index (χ3v) is 5.88. The zero-order valence-corrected chi connectivity index (χ0v) is 14.6. The molecule has 4 saturated carbocycles. The monoisotopic (exact) mass is 357 g/mol. The Bertz CT molecular complexity index is 683. The maximum atomic E-state index is 12.3. The fraction of sp³-hybridized carbons (Fsp3) is 0.579. The number of imide groups is 1. The molecule has 1 aromatic rings. The van der Waals surface area contributed by atoms with Gasteiger partial charge < -0.3 is 10.1 Å². The summed E-state index contributed by atoms with van der Waals surface area (Å²) in [5, 5.41) is 5.33. The number of nitrogens with one attached hydrogen (secondary N) is 2. The van der Waals surface area contributed by atoms with E-state index in [0.29, 0.717) is 17.8 Å². The number of hydrogen-bond donors (Lipinski definition) is 2. The van der Waals surface area contributed by atoms with E-state index in [-0.39, 0.29) is 11.2 Å². The Morgan fingerprint density at radius 2 is 1.73 bits per heavy atom. The topological polar surface area (TPSA) is 97.4 Å². The number of urea groups is 1. The number of esters is 1. The molecule has 0 unspecified atom stereocenters. The molecule has 4 aliphatic rings. The van der Waals surface area contributed by atoms with Crippen molar-refractivity contribution < 1.29 is 19.1 Å². The first-order chi connectivity index (χ1) is 12.5. The molecule has 7 heteroatoms. The fourth-order valence-electron chi connectivity index (χ4n) is 5.39. The van der Waals surface area contributed by atoms with Gasteiger partial charge in [-0.25, -0.2) is 14.6 Å². The fourth-order valence-corrected chi connectivity index (χ4v) is 5.39. The van der Waals surface area contributed by atoms with Crippen molar-refractivity contribution in [2.75, 3.05) is 6.61 Å². The van der Waals surface area contributed by atoms with Gasteiger partial charge in [0.05, 0.1) is 0 Å². The molecule has 0 atom stereocenters. The third kappa shape index (κ3) is 3.57. The van der Waals surface area contributed by atoms with Crippen LogP contribution in [0.15, 0.2) is 24.4 Å². The van der Waals surface area contributed by atoms with Crippen molar-refractivity contribution in [3.63, 3.8) is 0 Å². The van der Waals surface area contributed by atoms with E-state index >= 15 is 0 Å². The van der Waals surface area contributed by atoms with Crippen LogP contribution in [0.1, 0.15) is 49.0 Å². The highest BCUT2D eigenvalue weighted by Crippen LogP contribution is 2.55. The third-order valence-electron chi connectivity index (χ3n) is 5.88. The molecule has 0 radical (unpaired) electrons. The largest absolute Gasteiger partial charge is 0.451 e. The van der Waals surface area contributed by atoms with Crippen LogP contribution in [0.2, 0.25) is 0 Å². The summed E-state index contributed by atoms with van der Waals surface area (Å²) in [6, 6.07) is 4.34. The highest BCUT2D eigenvalue weighted by molar-refractivity contribution is 5.96. The van der Waals surface area contributed by atoms with Gasteiger partial charge in [-0.05, 0) is 68.4 Å². The Morgan fingerprint density at radius 1 is 1.08 bits per heavy atom. The predicted molar refractivity (Wildman–Crippen MR) is 92.1 cm³/mol. The second kappa shape index (κ2) is 6.70. The van der Waals surface area contributed by atoms with E-state index in [2.05, 4.69) is 15.6 Å². The van der Waals surface area contributed by atoms with Crippen LogP contribution in [-0.2, 0) is 9.53 Å². The molecule has 4 fully saturated rings. The minimum atomic E-state index is -0.692. The molecular formula is C19H23N3O4. The summed E-state index contributed by atoms with van der Waals surface area (Å²) in [6.07, 6.45) is 8.34. The van der Waals surface area contributed by atoms with E-state index in [9.17, 15) is 14.4 Å². The number of carbonyl (C=O) groups is 3. The minimum Gasteiger partial charge on any atom is -0.451 e. The van der Waals surface area contributed by atoms with Crippen molar-refractivity contribution in [2.45, 2.75) is 44.1 Å². The number of amides is 3. The molecule has 4 aliphatic carbocycles. The molecule has 7 nitrogen and oxygen atoms in total. The van der Waals surface area contributed by atoms with Crippen molar-refractivity contribution in [2.24, 2.45) is 17.8 Å². The van der Waals surface area contributed by atoms with E-state index in [1.807, 2.05) is 0 Å². The predicted octanol–water partition coefficient (Wildman–Crippen LogP) is 2.03. The molecule has 2 N–H and O–H groups in total. The van der Waals surface area contributed by atoms with Gasteiger partial charge in [0.25, 0.3) is 5.91 Å². The zero-order valence-electron chi connectivity index (χ0n) is 14.6. The van der Waals surface area contributed by atoms with Crippen molar-refractivity contribution >= 4 is 17.9 Å². The Kier molecular flexibility index (Phi) is 4.38. The Hall–Kier alpha value is -2.44. The van der Waals surface area contributed by atoms with Gasteiger partial charge in [-0.15, -0.1) is 0 Å². The van der Waals surface area contributed by atoms with Gasteiger partial charge in [0.15, 0.2) is 6.61 Å². The molecule has 0 saturated heterocycles. The SMILES string of the molecule is O=C(COC(=O)c1ccccn1)NC(=O)NC12CC3CC(CC(C3)C1)C2. The van der Waals surface area contributed by atoms with Crippen LogP contribution >= 0.6 is 0 Å². The van der Waals surface area contributed by atoms with Gasteiger partial charge in [0.2, 0.25) is 0 Å². The van der Waals surface area contributed by atoms with Crippen LogP contribution in [0.4, 0.5) is 4.79 Å². The maximum Gasteiger partial charge on any atom is 0.357 e. The molecule has 1 heterocycles. The number of aromatic nitrogens is 1. The minimum absolute atomic E-state index is 0.123. The lowest BCUT2D eigenvalue weighted by Gasteiger charge is -2.56. The number of ether oxygens (including phenoxy) is 1. The summed E-state index contributed by atoms with van der Waals surface area (Å²) in [5.74, 6) is 0.781. The number of nitrogens with zero attached hydrogens (tertiary/aromatic N) is 1. The molecule has 26 heavy (non-hydrogen) atoms. The first-order valence-corrected chi connectivity index (χ1v) is 9.21. The van der Waals surface area contributed by atoms with Crippen molar-refractivity contribution in [1.82, 2.24) is 15.6 Å². The first kappa shape index (κ1) is 17.0. The van der Waals surface area contributed by atoms with Crippen LogP contribution in [-0.4, -0.2) is 35.0 Å². The van der Waals surface area contributed by atoms with Crippen molar-refractivity contribution in [3.05, 3.63) is 30.1 Å². The van der Waals surface area contributed by atoms with E-state index in [0.717, 1.165) is 19.3 Å². The second-order valence-corrected chi connectivity index (χ2v) is 7.99. The van der Waals surface area contributed by atoms with E-state index in [1.54, 1.807) is 12.1 Å². The number of pyridine rings is 1. The lowest BCUT2D eigenvalue weighted by molar-refractivity contribution is -0.123. The Morgan fingerprint density at radius 3 is 2.31 bits per heavy atom. The Balaban J connectivity index is 1.26. The van der Waals surface area contributed by atoms with Crippen molar-refractivity contribution in [1.29, 1.82) is 0 Å². The van der Waals surface area contributed by atoms with Gasteiger partial charge in [-0.3, -0.25) is 10.1 Å². The molecule has 5 rings (SSSR count). The average molecular weight is 357 g/mol. The molecule has 0 spiro atoms. The molecule has 3 amide bonds. The number of carbonyl (C=O) groups excluding carboxylic acids is 3. The zero-order chi connectivity index (χ0) is 18.1. The average Bonchev–Trinajstić information content (AvgIpc) is 2.58. The summed E-state index contributed by atoms with van der Waals surface area (Å²) in [5.41, 5.74) is -0.0395. The number of rotatable bonds is 4. The molecule has 0 aromatic carbocycles. The lowest BCUT2D eigenvalue weighted by atomic mass is 9.53. The summed E-state index contributed by atoms with van der Waals surface area (Å²) >= 11 is 0. The molecule has 138 valence electrons. The van der Waals surface area contributed by atoms with Crippen LogP contribution in [0, 0.1) is 17.8 Å². The highest BCUT2D eigenvalue weighted by Gasteiger charge is 2.51. The molecule has 1 aromatic heterocycles. The van der Waals surface area contributed by atoms with Crippen LogP contribution in [0.3, 0.4) is 0 Å². The smallest absolute Gasteiger partial charge is 0.357 e. The summed E-state index contributed by atoms with van der Waals surface area (Å²) in [4.78, 5) is 39.8. The first-order valence-electron chi connectivity index (χ1n) is 9.21. The van der Waals surface area contributed by atoms with Crippen molar-refractivity contribution in [3.8, 4) is 0 Å². The standard InChI is InChI=1S/C19H23N3O4/c23-16(11-26-17(24)15-3-1-2-4-20-15)21-18(25)22-19-8-12-5-13(9-19)7-14(6-12)10-19/h1-4,12-14H,5-11H2,(H2,21,22,23,25). The summed E-state index contributed by atoms with van der Waals surface area (Å²) in [6.45, 7) is -0.510. The molecular weight excluding hydrogens is 334 g/mol. The number of hydrogen-bond acceptors (Lipinski definition) is 5. The Labute approximate surface area is 151 Å². The second-order valence-electron chi connectivity index (χ2n) is 7.99. The molecule has 0 aliphatic heterocycles. The van der Waals surface area contributed by atoms with Crippen LogP contribution in [0.5, 0.6) is 0 Å². The quantitative estimate of drug-likeness (QED) is 0.804.